The minimum absolute atomic E-state index is 0.150. The Kier molecular flexibility index (Phi) is 7.21. The van der Waals surface area contributed by atoms with E-state index < -0.39 is 0 Å². The van der Waals surface area contributed by atoms with Crippen LogP contribution in [0.25, 0.3) is 55.3 Å². The Morgan fingerprint density at radius 3 is 1.42 bits per heavy atom. The van der Waals surface area contributed by atoms with Crippen LogP contribution >= 0.6 is 0 Å². The number of anilines is 3. The van der Waals surface area contributed by atoms with Gasteiger partial charge in [-0.2, -0.15) is 0 Å². The summed E-state index contributed by atoms with van der Waals surface area (Å²) in [6.07, 6.45) is 0. The lowest BCUT2D eigenvalue weighted by Gasteiger charge is -2.32. The first kappa shape index (κ1) is 29.9. The maximum absolute atomic E-state index is 2.47. The minimum atomic E-state index is -0.150. The normalized spacial score (nSPS) is 12.8. The third kappa shape index (κ3) is 4.85. The summed E-state index contributed by atoms with van der Waals surface area (Å²) in [4.78, 5) is 2.47. The van der Waals surface area contributed by atoms with Crippen LogP contribution in [0.5, 0.6) is 0 Å². The third-order valence-corrected chi connectivity index (χ3v) is 10.4. The van der Waals surface area contributed by atoms with Crippen LogP contribution in [0.1, 0.15) is 25.0 Å². The van der Waals surface area contributed by atoms with E-state index in [0.29, 0.717) is 0 Å². The van der Waals surface area contributed by atoms with Crippen molar-refractivity contribution in [1.29, 1.82) is 0 Å². The Morgan fingerprint density at radius 2 is 0.800 bits per heavy atom. The Balaban J connectivity index is 1.29. The number of benzene rings is 8. The average molecular weight is 640 g/mol. The van der Waals surface area contributed by atoms with Crippen molar-refractivity contribution in [3.63, 3.8) is 0 Å². The van der Waals surface area contributed by atoms with E-state index >= 15 is 0 Å². The van der Waals surface area contributed by atoms with Crippen LogP contribution in [0, 0.1) is 0 Å². The molecule has 1 aliphatic carbocycles. The zero-order valence-electron chi connectivity index (χ0n) is 28.3. The first-order chi connectivity index (χ1) is 24.6. The van der Waals surface area contributed by atoms with E-state index in [0.717, 1.165) is 11.4 Å². The van der Waals surface area contributed by atoms with E-state index in [-0.39, 0.29) is 5.41 Å². The van der Waals surface area contributed by atoms with Crippen LogP contribution in [0.3, 0.4) is 0 Å². The highest BCUT2D eigenvalue weighted by atomic mass is 15.1. The largest absolute Gasteiger partial charge is 0.309 e. The van der Waals surface area contributed by atoms with Crippen molar-refractivity contribution in [2.45, 2.75) is 19.3 Å². The molecule has 0 radical (unpaired) electrons. The molecule has 238 valence electrons. The lowest BCUT2D eigenvalue weighted by molar-refractivity contribution is 0.666. The highest BCUT2D eigenvalue weighted by Crippen LogP contribution is 2.59. The first-order valence-electron chi connectivity index (χ1n) is 17.5. The maximum atomic E-state index is 2.47. The van der Waals surface area contributed by atoms with E-state index in [1.807, 2.05) is 0 Å². The molecule has 50 heavy (non-hydrogen) atoms. The van der Waals surface area contributed by atoms with Gasteiger partial charge in [-0.05, 0) is 79.7 Å². The smallest absolute Gasteiger partial charge is 0.0624 e. The summed E-state index contributed by atoms with van der Waals surface area (Å²) in [5, 5.41) is 2.55. The van der Waals surface area contributed by atoms with Crippen molar-refractivity contribution < 1.29 is 0 Å². The highest BCUT2D eigenvalue weighted by Gasteiger charge is 2.40. The second-order valence-electron chi connectivity index (χ2n) is 13.7. The number of hydrogen-bond donors (Lipinski definition) is 0. The van der Waals surface area contributed by atoms with Gasteiger partial charge in [0.15, 0.2) is 0 Å². The van der Waals surface area contributed by atoms with Gasteiger partial charge in [-0.15, -0.1) is 0 Å². The Hall–Kier alpha value is -6.18. The highest BCUT2D eigenvalue weighted by molar-refractivity contribution is 6.15. The van der Waals surface area contributed by atoms with Crippen molar-refractivity contribution in [3.05, 3.63) is 199 Å². The summed E-state index contributed by atoms with van der Waals surface area (Å²) >= 11 is 0. The second-order valence-corrected chi connectivity index (χ2v) is 13.7. The van der Waals surface area contributed by atoms with Gasteiger partial charge >= 0.3 is 0 Å². The lowest BCUT2D eigenvalue weighted by Crippen LogP contribution is -2.17. The molecule has 0 aromatic heterocycles. The summed E-state index contributed by atoms with van der Waals surface area (Å²) in [6, 6.07) is 68.4. The Labute approximate surface area is 294 Å². The van der Waals surface area contributed by atoms with Crippen LogP contribution in [0.15, 0.2) is 188 Å². The van der Waals surface area contributed by atoms with Crippen LogP contribution in [-0.2, 0) is 5.41 Å². The standard InChI is InChI=1S/C49H37N/c1-49(2)44-25-15-14-24-43(44)46-45(38-18-8-4-9-19-38)48(42-23-13-12-22-41(42)47(46)49)50(39-20-10-5-11-21-39)40-32-30-37(31-33-40)36-28-26-35(27-29-36)34-16-6-3-7-17-34/h3-33H,1-2H3. The lowest BCUT2D eigenvalue weighted by atomic mass is 9.78. The van der Waals surface area contributed by atoms with Crippen molar-refractivity contribution >= 4 is 27.8 Å². The molecule has 0 bridgehead atoms. The molecule has 0 atom stereocenters. The number of nitrogens with zero attached hydrogens (tertiary/aromatic N) is 1. The van der Waals surface area contributed by atoms with Gasteiger partial charge in [-0.3, -0.25) is 0 Å². The fourth-order valence-corrected chi connectivity index (χ4v) is 8.11. The third-order valence-electron chi connectivity index (χ3n) is 10.4. The summed E-state index contributed by atoms with van der Waals surface area (Å²) in [7, 11) is 0. The van der Waals surface area contributed by atoms with E-state index in [1.165, 1.54) is 72.1 Å². The second kappa shape index (κ2) is 12.1. The molecule has 0 N–H and O–H groups in total. The van der Waals surface area contributed by atoms with Crippen LogP contribution in [0.2, 0.25) is 0 Å². The molecule has 9 rings (SSSR count). The molecule has 0 saturated heterocycles. The molecule has 0 spiro atoms. The summed E-state index contributed by atoms with van der Waals surface area (Å²) in [5.41, 5.74) is 16.1. The fraction of sp³-hybridized carbons (Fsp3) is 0.0612. The predicted octanol–water partition coefficient (Wildman–Crippen LogP) is 13.6. The molecular weight excluding hydrogens is 603 g/mol. The van der Waals surface area contributed by atoms with E-state index in [4.69, 9.17) is 0 Å². The summed E-state index contributed by atoms with van der Waals surface area (Å²) in [6.45, 7) is 4.78. The van der Waals surface area contributed by atoms with E-state index in [2.05, 4.69) is 207 Å². The maximum Gasteiger partial charge on any atom is 0.0624 e. The summed E-state index contributed by atoms with van der Waals surface area (Å²) < 4.78 is 0. The average Bonchev–Trinajstić information content (AvgIpc) is 3.43. The predicted molar refractivity (Wildman–Crippen MR) is 213 cm³/mol. The molecule has 0 saturated carbocycles. The molecule has 8 aromatic rings. The molecule has 0 amide bonds. The number of fused-ring (bicyclic) bond motifs is 5. The summed E-state index contributed by atoms with van der Waals surface area (Å²) in [5.74, 6) is 0. The minimum Gasteiger partial charge on any atom is -0.309 e. The molecule has 0 fully saturated rings. The van der Waals surface area contributed by atoms with Gasteiger partial charge in [0, 0.05) is 27.7 Å². The SMILES string of the molecule is CC1(C)c2ccccc2-c2c(-c3ccccc3)c(N(c3ccccc3)c3ccc(-c4ccc(-c5ccccc5)cc4)cc3)c3ccccc3c21. The van der Waals surface area contributed by atoms with Crippen molar-refractivity contribution in [3.8, 4) is 44.5 Å². The zero-order chi connectivity index (χ0) is 33.7. The van der Waals surface area contributed by atoms with Gasteiger partial charge in [0.05, 0.1) is 5.69 Å². The topological polar surface area (TPSA) is 3.24 Å². The van der Waals surface area contributed by atoms with Gasteiger partial charge in [0.25, 0.3) is 0 Å². The van der Waals surface area contributed by atoms with Crippen molar-refractivity contribution in [2.75, 3.05) is 4.90 Å². The zero-order valence-corrected chi connectivity index (χ0v) is 28.3. The molecule has 1 heteroatoms. The first-order valence-corrected chi connectivity index (χ1v) is 17.5. The van der Waals surface area contributed by atoms with E-state index in [1.54, 1.807) is 0 Å². The number of rotatable bonds is 6. The molecule has 0 aliphatic heterocycles. The number of para-hydroxylation sites is 1. The fourth-order valence-electron chi connectivity index (χ4n) is 8.11. The quantitative estimate of drug-likeness (QED) is 0.175. The number of hydrogen-bond acceptors (Lipinski definition) is 1. The monoisotopic (exact) mass is 639 g/mol. The molecule has 1 aliphatic rings. The van der Waals surface area contributed by atoms with Crippen LogP contribution in [0.4, 0.5) is 17.1 Å². The van der Waals surface area contributed by atoms with Gasteiger partial charge in [0.1, 0.15) is 0 Å². The van der Waals surface area contributed by atoms with Gasteiger partial charge in [0.2, 0.25) is 0 Å². The molecule has 0 unspecified atom stereocenters. The van der Waals surface area contributed by atoms with Crippen molar-refractivity contribution in [1.82, 2.24) is 0 Å². The molecular formula is C49H37N. The van der Waals surface area contributed by atoms with Gasteiger partial charge in [-0.25, -0.2) is 0 Å². The van der Waals surface area contributed by atoms with Crippen LogP contribution in [-0.4, -0.2) is 0 Å². The van der Waals surface area contributed by atoms with Gasteiger partial charge in [-0.1, -0.05) is 178 Å². The Bertz CT molecular complexity index is 2460. The molecule has 0 heterocycles. The van der Waals surface area contributed by atoms with E-state index in [9.17, 15) is 0 Å². The van der Waals surface area contributed by atoms with Gasteiger partial charge < -0.3 is 4.90 Å². The van der Waals surface area contributed by atoms with Crippen LogP contribution < -0.4 is 4.90 Å². The Morgan fingerprint density at radius 1 is 0.360 bits per heavy atom. The molecule has 1 nitrogen and oxygen atoms in total. The molecule has 8 aromatic carbocycles. The van der Waals surface area contributed by atoms with Crippen molar-refractivity contribution in [2.24, 2.45) is 0 Å².